The summed E-state index contributed by atoms with van der Waals surface area (Å²) in [5, 5.41) is 3.61. The first-order chi connectivity index (χ1) is 9.65. The Balaban J connectivity index is 2.17. The molecule has 0 saturated carbocycles. The lowest BCUT2D eigenvalue weighted by Gasteiger charge is -2.23. The zero-order chi connectivity index (χ0) is 14.5. The van der Waals surface area contributed by atoms with Crippen molar-refractivity contribution in [1.82, 2.24) is 15.3 Å². The Morgan fingerprint density at radius 3 is 2.80 bits per heavy atom. The van der Waals surface area contributed by atoms with Crippen molar-refractivity contribution >= 4 is 0 Å². The molecule has 0 spiro atoms. The van der Waals surface area contributed by atoms with Crippen molar-refractivity contribution in [2.45, 2.75) is 39.3 Å². The molecule has 0 aliphatic heterocycles. The third kappa shape index (κ3) is 3.20. The molecule has 0 bridgehead atoms. The molecular formula is C16H23N3O. The second kappa shape index (κ2) is 6.57. The maximum atomic E-state index is 5.49. The molecule has 1 heterocycles. The third-order valence-corrected chi connectivity index (χ3v) is 3.56. The molecule has 4 heteroatoms. The molecule has 0 amide bonds. The van der Waals surface area contributed by atoms with Crippen molar-refractivity contribution in [1.29, 1.82) is 0 Å². The van der Waals surface area contributed by atoms with Crippen LogP contribution in [0.5, 0.6) is 5.75 Å². The van der Waals surface area contributed by atoms with E-state index in [4.69, 9.17) is 4.74 Å². The number of aryl methyl sites for hydroxylation is 1. The van der Waals surface area contributed by atoms with Crippen molar-refractivity contribution in [3.8, 4) is 5.75 Å². The van der Waals surface area contributed by atoms with Crippen LogP contribution >= 0.6 is 0 Å². The minimum Gasteiger partial charge on any atom is -0.496 e. The van der Waals surface area contributed by atoms with Crippen LogP contribution in [0.25, 0.3) is 0 Å². The van der Waals surface area contributed by atoms with Gasteiger partial charge in [0, 0.05) is 24.0 Å². The number of rotatable bonds is 6. The Morgan fingerprint density at radius 1 is 1.40 bits per heavy atom. The fraction of sp³-hybridized carbons (Fsp3) is 0.438. The van der Waals surface area contributed by atoms with E-state index in [0.29, 0.717) is 0 Å². The smallest absolute Gasteiger partial charge is 0.123 e. The number of aromatic nitrogens is 2. The summed E-state index contributed by atoms with van der Waals surface area (Å²) in [5.74, 6) is 1.91. The van der Waals surface area contributed by atoms with Crippen LogP contribution in [0.1, 0.15) is 49.3 Å². The summed E-state index contributed by atoms with van der Waals surface area (Å²) in [7, 11) is 1.72. The summed E-state index contributed by atoms with van der Waals surface area (Å²) in [4.78, 5) is 7.52. The number of ether oxygens (including phenoxy) is 1. The number of hydrogen-bond acceptors (Lipinski definition) is 3. The Hall–Kier alpha value is -1.81. The van der Waals surface area contributed by atoms with Crippen LogP contribution < -0.4 is 10.1 Å². The van der Waals surface area contributed by atoms with E-state index in [1.165, 1.54) is 11.1 Å². The molecule has 2 rings (SSSR count). The molecule has 20 heavy (non-hydrogen) atoms. The zero-order valence-electron chi connectivity index (χ0n) is 12.6. The Kier molecular flexibility index (Phi) is 4.79. The lowest BCUT2D eigenvalue weighted by Crippen LogP contribution is -2.25. The highest BCUT2D eigenvalue weighted by Crippen LogP contribution is 2.28. The quantitative estimate of drug-likeness (QED) is 0.846. The summed E-state index contributed by atoms with van der Waals surface area (Å²) in [6.07, 6.45) is 4.62. The highest BCUT2D eigenvalue weighted by molar-refractivity contribution is 5.39. The van der Waals surface area contributed by atoms with Crippen molar-refractivity contribution < 1.29 is 4.74 Å². The molecule has 2 N–H and O–H groups in total. The maximum absolute atomic E-state index is 5.49. The maximum Gasteiger partial charge on any atom is 0.123 e. The van der Waals surface area contributed by atoms with Crippen molar-refractivity contribution in [2.24, 2.45) is 0 Å². The number of imidazole rings is 1. The van der Waals surface area contributed by atoms with Gasteiger partial charge in [-0.15, -0.1) is 0 Å². The van der Waals surface area contributed by atoms with Gasteiger partial charge >= 0.3 is 0 Å². The lowest BCUT2D eigenvalue weighted by molar-refractivity contribution is 0.388. The highest BCUT2D eigenvalue weighted by Gasteiger charge is 2.18. The van der Waals surface area contributed by atoms with Gasteiger partial charge in [0.15, 0.2) is 0 Å². The normalized spacial score (nSPS) is 14.0. The second-order valence-corrected chi connectivity index (χ2v) is 5.07. The van der Waals surface area contributed by atoms with Gasteiger partial charge in [0.25, 0.3) is 0 Å². The van der Waals surface area contributed by atoms with Crippen LogP contribution in [0.15, 0.2) is 30.6 Å². The first-order valence-electron chi connectivity index (χ1n) is 7.05. The summed E-state index contributed by atoms with van der Waals surface area (Å²) >= 11 is 0. The van der Waals surface area contributed by atoms with Gasteiger partial charge in [-0.3, -0.25) is 0 Å². The van der Waals surface area contributed by atoms with Gasteiger partial charge in [0.2, 0.25) is 0 Å². The number of aromatic amines is 1. The average Bonchev–Trinajstić information content (AvgIpc) is 2.98. The van der Waals surface area contributed by atoms with Crippen LogP contribution in [-0.2, 0) is 0 Å². The van der Waals surface area contributed by atoms with E-state index in [1.54, 1.807) is 13.3 Å². The summed E-state index contributed by atoms with van der Waals surface area (Å²) < 4.78 is 5.49. The summed E-state index contributed by atoms with van der Waals surface area (Å²) in [6.45, 7) is 6.38. The van der Waals surface area contributed by atoms with Crippen LogP contribution in [0.3, 0.4) is 0 Å². The molecule has 1 aromatic heterocycles. The number of methoxy groups -OCH3 is 1. The first-order valence-corrected chi connectivity index (χ1v) is 7.05. The molecule has 4 nitrogen and oxygen atoms in total. The summed E-state index contributed by atoms with van der Waals surface area (Å²) in [6, 6.07) is 6.72. The topological polar surface area (TPSA) is 49.9 Å². The Bertz CT molecular complexity index is 537. The molecule has 0 fully saturated rings. The average molecular weight is 273 g/mol. The van der Waals surface area contributed by atoms with Crippen molar-refractivity contribution in [2.75, 3.05) is 7.11 Å². The first kappa shape index (κ1) is 14.6. The molecule has 2 atom stereocenters. The van der Waals surface area contributed by atoms with Gasteiger partial charge in [0.05, 0.1) is 13.2 Å². The van der Waals surface area contributed by atoms with Gasteiger partial charge < -0.3 is 15.0 Å². The van der Waals surface area contributed by atoms with Gasteiger partial charge in [-0.25, -0.2) is 4.98 Å². The van der Waals surface area contributed by atoms with Gasteiger partial charge in [0.1, 0.15) is 11.6 Å². The fourth-order valence-electron chi connectivity index (χ4n) is 2.43. The van der Waals surface area contributed by atoms with E-state index in [-0.39, 0.29) is 12.1 Å². The number of H-pyrrole nitrogens is 1. The monoisotopic (exact) mass is 273 g/mol. The van der Waals surface area contributed by atoms with E-state index < -0.39 is 0 Å². The largest absolute Gasteiger partial charge is 0.496 e. The lowest BCUT2D eigenvalue weighted by atomic mass is 10.0. The van der Waals surface area contributed by atoms with E-state index in [1.807, 2.05) is 6.20 Å². The minimum atomic E-state index is 0.195. The SMILES string of the molecule is CCC(NC(C)c1ccc(C)cc1OC)c1ncc[nH]1. The molecule has 0 radical (unpaired) electrons. The van der Waals surface area contributed by atoms with Crippen molar-refractivity contribution in [3.63, 3.8) is 0 Å². The Labute approximate surface area is 120 Å². The number of hydrogen-bond donors (Lipinski definition) is 2. The van der Waals surface area contributed by atoms with Gasteiger partial charge in [-0.1, -0.05) is 19.1 Å². The molecular weight excluding hydrogens is 250 g/mol. The zero-order valence-corrected chi connectivity index (χ0v) is 12.6. The van der Waals surface area contributed by atoms with E-state index in [0.717, 1.165) is 18.0 Å². The number of nitrogens with zero attached hydrogens (tertiary/aromatic N) is 1. The number of benzene rings is 1. The molecule has 0 aliphatic carbocycles. The molecule has 108 valence electrons. The van der Waals surface area contributed by atoms with E-state index >= 15 is 0 Å². The van der Waals surface area contributed by atoms with Gasteiger partial charge in [-0.2, -0.15) is 0 Å². The van der Waals surface area contributed by atoms with E-state index in [2.05, 4.69) is 54.3 Å². The van der Waals surface area contributed by atoms with Crippen LogP contribution in [0.2, 0.25) is 0 Å². The molecule has 2 unspecified atom stereocenters. The van der Waals surface area contributed by atoms with Crippen LogP contribution in [0.4, 0.5) is 0 Å². The predicted octanol–water partition coefficient (Wildman–Crippen LogP) is 3.53. The highest BCUT2D eigenvalue weighted by atomic mass is 16.5. The fourth-order valence-corrected chi connectivity index (χ4v) is 2.43. The van der Waals surface area contributed by atoms with Crippen LogP contribution in [0, 0.1) is 6.92 Å². The third-order valence-electron chi connectivity index (χ3n) is 3.56. The standard InChI is InChI=1S/C16H23N3O/c1-5-14(16-17-8-9-18-16)19-12(3)13-7-6-11(2)10-15(13)20-4/h6-10,12,14,19H,5H2,1-4H3,(H,17,18). The number of nitrogens with one attached hydrogen (secondary N) is 2. The Morgan fingerprint density at radius 2 is 2.20 bits per heavy atom. The predicted molar refractivity (Wildman–Crippen MR) is 80.9 cm³/mol. The summed E-state index contributed by atoms with van der Waals surface area (Å²) in [5.41, 5.74) is 2.37. The molecule has 2 aromatic rings. The van der Waals surface area contributed by atoms with Gasteiger partial charge in [-0.05, 0) is 31.9 Å². The molecule has 0 aliphatic rings. The van der Waals surface area contributed by atoms with E-state index in [9.17, 15) is 0 Å². The molecule has 0 saturated heterocycles. The molecule has 1 aromatic carbocycles. The second-order valence-electron chi connectivity index (χ2n) is 5.07. The minimum absolute atomic E-state index is 0.195. The van der Waals surface area contributed by atoms with Crippen molar-refractivity contribution in [3.05, 3.63) is 47.5 Å². The van der Waals surface area contributed by atoms with Crippen LogP contribution in [-0.4, -0.2) is 17.1 Å².